The number of benzene rings is 1. The van der Waals surface area contributed by atoms with Crippen molar-refractivity contribution in [2.24, 2.45) is 0 Å². The first-order chi connectivity index (χ1) is 15.8. The number of nitrogens with zero attached hydrogens (tertiary/aromatic N) is 2. The summed E-state index contributed by atoms with van der Waals surface area (Å²) >= 11 is 0.851. The summed E-state index contributed by atoms with van der Waals surface area (Å²) in [5.41, 5.74) is -0.138. The number of nitrogens with one attached hydrogen (secondary N) is 2. The number of hydrogen-bond acceptors (Lipinski definition) is 6. The Morgan fingerprint density at radius 1 is 1.06 bits per heavy atom. The average Bonchev–Trinajstić information content (AvgIpc) is 3.17. The smallest absolute Gasteiger partial charge is 0.325 e. The van der Waals surface area contributed by atoms with E-state index in [2.05, 4.69) is 10.6 Å². The molecule has 2 aliphatic rings. The van der Waals surface area contributed by atoms with Crippen LogP contribution in [0.2, 0.25) is 0 Å². The second-order valence-electron chi connectivity index (χ2n) is 8.00. The highest BCUT2D eigenvalue weighted by Crippen LogP contribution is 2.32. The Hall–Kier alpha value is -3.14. The zero-order valence-electron chi connectivity index (χ0n) is 18.8. The molecule has 0 atom stereocenters. The summed E-state index contributed by atoms with van der Waals surface area (Å²) in [4.78, 5) is 64.7. The average molecular weight is 473 g/mol. The largest absolute Gasteiger partial charge is 0.353 e. The molecule has 0 bridgehead atoms. The Kier molecular flexibility index (Phi) is 7.91. The van der Waals surface area contributed by atoms with Crippen molar-refractivity contribution in [3.8, 4) is 0 Å². The van der Waals surface area contributed by atoms with Crippen LogP contribution in [0.5, 0.6) is 0 Å². The predicted octanol–water partition coefficient (Wildman–Crippen LogP) is 2.73. The minimum atomic E-state index is -0.950. The van der Waals surface area contributed by atoms with Crippen LogP contribution in [0.3, 0.4) is 0 Å². The van der Waals surface area contributed by atoms with E-state index in [-0.39, 0.29) is 19.0 Å². The number of hydrogen-bond donors (Lipinski definition) is 2. The third-order valence-electron chi connectivity index (χ3n) is 5.53. The molecule has 2 aliphatic heterocycles. The summed E-state index contributed by atoms with van der Waals surface area (Å²) in [6.45, 7) is 3.49. The van der Waals surface area contributed by atoms with Crippen LogP contribution in [0.4, 0.5) is 9.59 Å². The first-order valence-corrected chi connectivity index (χ1v) is 11.8. The Morgan fingerprint density at radius 3 is 2.36 bits per heavy atom. The zero-order chi connectivity index (χ0) is 24.0. The lowest BCUT2D eigenvalue weighted by molar-refractivity contribution is -0.135. The molecule has 9 nitrogen and oxygen atoms in total. The van der Waals surface area contributed by atoms with Crippen molar-refractivity contribution >= 4 is 46.8 Å². The molecule has 0 aromatic heterocycles. The monoisotopic (exact) mass is 472 g/mol. The van der Waals surface area contributed by atoms with Gasteiger partial charge >= 0.3 is 6.03 Å². The molecule has 0 aliphatic carbocycles. The van der Waals surface area contributed by atoms with E-state index in [4.69, 9.17) is 0 Å². The molecule has 10 heteroatoms. The molecule has 2 heterocycles. The fraction of sp³-hybridized carbons (Fsp3) is 0.435. The summed E-state index contributed by atoms with van der Waals surface area (Å²) in [5.74, 6) is -1.33. The van der Waals surface area contributed by atoms with Crippen LogP contribution in [0.25, 0.3) is 6.08 Å². The molecule has 0 spiro atoms. The second-order valence-corrected chi connectivity index (χ2v) is 8.99. The van der Waals surface area contributed by atoms with E-state index < -0.39 is 35.2 Å². The Labute approximate surface area is 196 Å². The molecular weight excluding hydrogens is 444 g/mol. The van der Waals surface area contributed by atoms with Gasteiger partial charge in [-0.25, -0.2) is 4.79 Å². The van der Waals surface area contributed by atoms with Crippen LogP contribution in [0.15, 0.2) is 35.2 Å². The van der Waals surface area contributed by atoms with Crippen molar-refractivity contribution in [1.82, 2.24) is 20.4 Å². The van der Waals surface area contributed by atoms with Gasteiger partial charge in [-0.1, -0.05) is 57.0 Å². The first-order valence-electron chi connectivity index (χ1n) is 11.0. The first kappa shape index (κ1) is 24.5. The third kappa shape index (κ3) is 5.44. The highest BCUT2D eigenvalue weighted by Gasteiger charge is 2.50. The minimum absolute atomic E-state index is 0.00170. The van der Waals surface area contributed by atoms with Gasteiger partial charge in [0.25, 0.3) is 17.1 Å². The van der Waals surface area contributed by atoms with Gasteiger partial charge in [-0.2, -0.15) is 0 Å². The topological polar surface area (TPSA) is 116 Å². The lowest BCUT2D eigenvalue weighted by Crippen LogP contribution is -2.48. The maximum Gasteiger partial charge on any atom is 0.325 e. The highest BCUT2D eigenvalue weighted by atomic mass is 32.2. The van der Waals surface area contributed by atoms with Gasteiger partial charge in [0.15, 0.2) is 0 Å². The number of carbonyl (C=O) groups is 5. The lowest BCUT2D eigenvalue weighted by Gasteiger charge is -2.25. The minimum Gasteiger partial charge on any atom is -0.353 e. The number of urea groups is 1. The SMILES string of the molecule is CCCC1(CCC)NC(=O)N(CC(=O)NCCN2C(=O)SC(=Cc3ccccc3)C2=O)C1=O. The van der Waals surface area contributed by atoms with Crippen molar-refractivity contribution in [2.75, 3.05) is 19.6 Å². The molecule has 1 aromatic rings. The molecule has 2 fully saturated rings. The van der Waals surface area contributed by atoms with Gasteiger partial charge in [-0.3, -0.25) is 29.0 Å². The van der Waals surface area contributed by atoms with Gasteiger partial charge in [0.1, 0.15) is 12.1 Å². The summed E-state index contributed by atoms with van der Waals surface area (Å²) in [5, 5.41) is 4.94. The molecule has 0 unspecified atom stereocenters. The maximum atomic E-state index is 12.9. The summed E-state index contributed by atoms with van der Waals surface area (Å²) in [7, 11) is 0. The van der Waals surface area contributed by atoms with Crippen LogP contribution in [0, 0.1) is 0 Å². The molecule has 6 amide bonds. The van der Waals surface area contributed by atoms with E-state index in [0.717, 1.165) is 40.0 Å². The Bertz CT molecular complexity index is 972. The van der Waals surface area contributed by atoms with Gasteiger partial charge in [0.05, 0.1) is 4.91 Å². The van der Waals surface area contributed by atoms with Crippen molar-refractivity contribution in [2.45, 2.75) is 45.1 Å². The van der Waals surface area contributed by atoms with E-state index in [0.29, 0.717) is 17.7 Å². The predicted molar refractivity (Wildman–Crippen MR) is 125 cm³/mol. The summed E-state index contributed by atoms with van der Waals surface area (Å²) < 4.78 is 0. The fourth-order valence-electron chi connectivity index (χ4n) is 4.04. The molecule has 0 saturated carbocycles. The van der Waals surface area contributed by atoms with E-state index >= 15 is 0 Å². The Balaban J connectivity index is 1.53. The third-order valence-corrected chi connectivity index (χ3v) is 6.44. The fourth-order valence-corrected chi connectivity index (χ4v) is 4.90. The van der Waals surface area contributed by atoms with Crippen LogP contribution in [-0.4, -0.2) is 64.0 Å². The quantitative estimate of drug-likeness (QED) is 0.400. The zero-order valence-corrected chi connectivity index (χ0v) is 19.6. The maximum absolute atomic E-state index is 12.9. The molecule has 33 heavy (non-hydrogen) atoms. The number of imide groups is 2. The van der Waals surface area contributed by atoms with Gasteiger partial charge in [0, 0.05) is 13.1 Å². The normalized spacial score (nSPS) is 18.9. The standard InChI is InChI=1S/C23H28N4O5S/c1-3-10-23(11-4-2)20(30)27(21(31)25-23)15-18(28)24-12-13-26-19(29)17(33-22(26)32)14-16-8-6-5-7-9-16/h5-9,14H,3-4,10-13,15H2,1-2H3,(H,24,28)(H,25,31). The van der Waals surface area contributed by atoms with Crippen molar-refractivity contribution < 1.29 is 24.0 Å². The van der Waals surface area contributed by atoms with Gasteiger partial charge in [0.2, 0.25) is 5.91 Å². The number of rotatable bonds is 10. The van der Waals surface area contributed by atoms with E-state index in [1.165, 1.54) is 0 Å². The van der Waals surface area contributed by atoms with Crippen LogP contribution in [0.1, 0.15) is 45.1 Å². The highest BCUT2D eigenvalue weighted by molar-refractivity contribution is 8.18. The van der Waals surface area contributed by atoms with Gasteiger partial charge < -0.3 is 10.6 Å². The second kappa shape index (κ2) is 10.7. The number of carbonyl (C=O) groups excluding carboxylic acids is 5. The van der Waals surface area contributed by atoms with Crippen LogP contribution >= 0.6 is 11.8 Å². The summed E-state index contributed by atoms with van der Waals surface area (Å²) in [6, 6.07) is 8.63. The van der Waals surface area contributed by atoms with Crippen molar-refractivity contribution in [3.05, 3.63) is 40.8 Å². The van der Waals surface area contributed by atoms with E-state index in [1.54, 1.807) is 6.08 Å². The molecule has 0 radical (unpaired) electrons. The van der Waals surface area contributed by atoms with Crippen LogP contribution < -0.4 is 10.6 Å². The molecular formula is C23H28N4O5S. The summed E-state index contributed by atoms with van der Waals surface area (Å²) in [6.07, 6.45) is 4.13. The molecule has 2 saturated heterocycles. The lowest BCUT2D eigenvalue weighted by atomic mass is 9.88. The van der Waals surface area contributed by atoms with E-state index in [9.17, 15) is 24.0 Å². The van der Waals surface area contributed by atoms with Gasteiger partial charge in [-0.05, 0) is 36.2 Å². The van der Waals surface area contributed by atoms with E-state index in [1.807, 2.05) is 44.2 Å². The number of amides is 6. The molecule has 1 aromatic carbocycles. The molecule has 176 valence electrons. The van der Waals surface area contributed by atoms with Gasteiger partial charge in [-0.15, -0.1) is 0 Å². The number of thioether (sulfide) groups is 1. The molecule has 2 N–H and O–H groups in total. The van der Waals surface area contributed by atoms with Crippen molar-refractivity contribution in [1.29, 1.82) is 0 Å². The van der Waals surface area contributed by atoms with Crippen molar-refractivity contribution in [3.63, 3.8) is 0 Å². The Morgan fingerprint density at radius 2 is 1.73 bits per heavy atom. The van der Waals surface area contributed by atoms with Crippen LogP contribution in [-0.2, 0) is 14.4 Å². The molecule has 3 rings (SSSR count).